The van der Waals surface area contributed by atoms with Gasteiger partial charge in [-0.3, -0.25) is 0 Å². The number of rotatable bonds is 1. The Morgan fingerprint density at radius 2 is 0.410 bits per heavy atom. The zero-order valence-corrected chi connectivity index (χ0v) is 38.0. The Hall–Kier alpha value is -11.8. The largest absolute Gasteiger partial charge is 0.386 e. The fourth-order valence-corrected chi connectivity index (χ4v) is 9.17. The van der Waals surface area contributed by atoms with Crippen molar-refractivity contribution in [1.82, 2.24) is 0 Å². The number of esters is 8. The maximum absolute atomic E-state index is 11.7. The maximum atomic E-state index is 11.7. The van der Waals surface area contributed by atoms with Crippen molar-refractivity contribution < 1.29 is 75.0 Å². The molecule has 0 atom stereocenters. The minimum absolute atomic E-state index is 0.0181. The lowest BCUT2D eigenvalue weighted by Crippen LogP contribution is -2.25. The SMILES string of the molecule is O=C1OC(=O)c2cc(-c3ccc4c(c3)C(=O)OC4=O)ccc21.O=C1OC(=O)c2ccc3c4c(ccc1c24)C(=O)OC3=O.O=c1oc(=O)c2cc3c(=O)oc(=O)c3cc12.O=c1oc(=O)c2cc3cc4c(=O)oc(=O)c4cc3cc12. The van der Waals surface area contributed by atoms with Crippen LogP contribution >= 0.6 is 0 Å². The first-order valence-corrected chi connectivity index (χ1v) is 22.0. The second-order valence-corrected chi connectivity index (χ2v) is 17.1. The number of fused-ring (bicyclic) bond motifs is 7. The number of benzene rings is 7. The van der Waals surface area contributed by atoms with Crippen LogP contribution in [0.2, 0.25) is 0 Å². The standard InChI is InChI=1S/C16H6O6.2C14H4O6.C10H2O6/c17-13-9-3-1-7(5-11(9)15(19)21-13)8-2-4-10-12(6-8)16(20)22-14(10)18;15-11-7-1-5-2-9-10(14(18)20-13(9)17)4-6(5)3-8(7)12(16)19-11;15-11-5-1-2-6-10-8(14(18)20-12(6)16)4-3-7(9(5)10)13(17)19-11;11-7-3-1-4-6(10(14)16-8(4)12)2-5(3)9(13)15-7/h1-6H;2*1-4H;1-2H. The van der Waals surface area contributed by atoms with Crippen LogP contribution in [0, 0.1) is 0 Å². The fourth-order valence-electron chi connectivity index (χ4n) is 9.17. The number of carbonyl (C=O) groups excluding carboxylic acids is 8. The molecular weight excluding hydrogens is 1030 g/mol. The third-order valence-electron chi connectivity index (χ3n) is 12.8. The van der Waals surface area contributed by atoms with E-state index in [4.69, 9.17) is 0 Å². The number of ether oxygens (including phenoxy) is 4. The molecule has 0 spiro atoms. The summed E-state index contributed by atoms with van der Waals surface area (Å²) < 4.78 is 36.0. The van der Waals surface area contributed by atoms with E-state index in [-0.39, 0.29) is 98.4 Å². The number of furan rings is 4. The van der Waals surface area contributed by atoms with Crippen molar-refractivity contribution in [3.63, 3.8) is 0 Å². The molecule has 0 amide bonds. The molecule has 24 heteroatoms. The van der Waals surface area contributed by atoms with Crippen LogP contribution in [0.1, 0.15) is 82.9 Å². The smallest absolute Gasteiger partial charge is 0.346 e. The van der Waals surface area contributed by atoms with Crippen LogP contribution in [0.3, 0.4) is 0 Å². The molecule has 4 aliphatic rings. The zero-order chi connectivity index (χ0) is 54.9. The van der Waals surface area contributed by atoms with Gasteiger partial charge in [-0.05, 0) is 107 Å². The van der Waals surface area contributed by atoms with Gasteiger partial charge in [0.2, 0.25) is 0 Å². The first kappa shape index (κ1) is 47.2. The topological polar surface area (TPSA) is 363 Å². The number of hydrogen-bond acceptors (Lipinski definition) is 24. The van der Waals surface area contributed by atoms with E-state index in [0.717, 1.165) is 12.1 Å². The molecule has 0 unspecified atom stereocenters. The molecule has 78 heavy (non-hydrogen) atoms. The zero-order valence-electron chi connectivity index (χ0n) is 38.0. The van der Waals surface area contributed by atoms with Gasteiger partial charge in [0.25, 0.3) is 0 Å². The predicted octanol–water partition coefficient (Wildman–Crippen LogP) is 3.58. The van der Waals surface area contributed by atoms with Crippen LogP contribution in [0.25, 0.3) is 75.8 Å². The van der Waals surface area contributed by atoms with Gasteiger partial charge in [-0.2, -0.15) is 0 Å². The molecule has 0 fully saturated rings. The van der Waals surface area contributed by atoms with Gasteiger partial charge < -0.3 is 36.6 Å². The van der Waals surface area contributed by atoms with E-state index >= 15 is 0 Å². The second-order valence-electron chi connectivity index (χ2n) is 17.1. The molecule has 4 aliphatic heterocycles. The Morgan fingerprint density at radius 3 is 0.667 bits per heavy atom. The Labute approximate surface area is 422 Å². The molecule has 0 saturated heterocycles. The van der Waals surface area contributed by atoms with Crippen LogP contribution in [0.15, 0.2) is 153 Å². The van der Waals surface area contributed by atoms with Crippen molar-refractivity contribution in [2.45, 2.75) is 0 Å². The highest BCUT2D eigenvalue weighted by Crippen LogP contribution is 2.37. The van der Waals surface area contributed by atoms with Crippen molar-refractivity contribution in [2.24, 2.45) is 0 Å². The minimum Gasteiger partial charge on any atom is -0.386 e. The van der Waals surface area contributed by atoms with Crippen LogP contribution in [0.4, 0.5) is 0 Å². The van der Waals surface area contributed by atoms with Crippen molar-refractivity contribution in [3.05, 3.63) is 225 Å². The molecule has 376 valence electrons. The quantitative estimate of drug-likeness (QED) is 0.129. The van der Waals surface area contributed by atoms with E-state index < -0.39 is 92.8 Å². The van der Waals surface area contributed by atoms with E-state index in [9.17, 15) is 76.7 Å². The summed E-state index contributed by atoms with van der Waals surface area (Å²) in [5, 5.41) is 2.19. The highest BCUT2D eigenvalue weighted by molar-refractivity contribution is 6.29. The van der Waals surface area contributed by atoms with Crippen molar-refractivity contribution in [3.8, 4) is 11.1 Å². The summed E-state index contributed by atoms with van der Waals surface area (Å²) >= 11 is 0. The van der Waals surface area contributed by atoms with Gasteiger partial charge in [0, 0.05) is 10.8 Å². The lowest BCUT2D eigenvalue weighted by Gasteiger charge is -2.21. The minimum atomic E-state index is -0.824. The average molecular weight is 1050 g/mol. The molecule has 0 N–H and O–H groups in total. The lowest BCUT2D eigenvalue weighted by atomic mass is 9.89. The Bertz CT molecular complexity index is 4670. The summed E-state index contributed by atoms with van der Waals surface area (Å²) in [6, 6.07) is 23.0. The molecule has 15 rings (SSSR count). The number of hydrogen-bond donors (Lipinski definition) is 0. The van der Waals surface area contributed by atoms with Gasteiger partial charge in [0.05, 0.1) is 87.6 Å². The highest BCUT2D eigenvalue weighted by atomic mass is 16.6. The number of carbonyl (C=O) groups is 8. The normalized spacial score (nSPS) is 13.9. The van der Waals surface area contributed by atoms with Gasteiger partial charge in [-0.25, -0.2) is 76.7 Å². The molecule has 24 nitrogen and oxygen atoms in total. The fraction of sp³-hybridized carbons (Fsp3) is 0. The molecule has 0 aliphatic carbocycles. The summed E-state index contributed by atoms with van der Waals surface area (Å²) in [4.78, 5) is 184. The first-order valence-electron chi connectivity index (χ1n) is 22.0. The van der Waals surface area contributed by atoms with Crippen molar-refractivity contribution in [1.29, 1.82) is 0 Å². The predicted molar refractivity (Wildman–Crippen MR) is 259 cm³/mol. The Morgan fingerprint density at radius 1 is 0.205 bits per heavy atom. The summed E-state index contributed by atoms with van der Waals surface area (Å²) in [6.07, 6.45) is 0. The molecule has 8 heterocycles. The molecular formula is C54H16O24. The van der Waals surface area contributed by atoms with Gasteiger partial charge in [0.15, 0.2) is 0 Å². The van der Waals surface area contributed by atoms with E-state index in [1.54, 1.807) is 12.1 Å². The third-order valence-corrected chi connectivity index (χ3v) is 12.8. The Kier molecular flexibility index (Phi) is 10.2. The maximum Gasteiger partial charge on any atom is 0.346 e. The monoisotopic (exact) mass is 1050 g/mol. The molecule has 11 aromatic rings. The summed E-state index contributed by atoms with van der Waals surface area (Å²) in [5.74, 6) is -5.91. The molecule has 0 bridgehead atoms. The van der Waals surface area contributed by atoms with Gasteiger partial charge >= 0.3 is 92.8 Å². The molecule has 4 aromatic heterocycles. The number of cyclic esters (lactones) is 8. The third kappa shape index (κ3) is 7.23. The van der Waals surface area contributed by atoms with Gasteiger partial charge in [-0.1, -0.05) is 12.1 Å². The van der Waals surface area contributed by atoms with Gasteiger partial charge in [-0.15, -0.1) is 0 Å². The molecule has 0 saturated carbocycles. The highest BCUT2D eigenvalue weighted by Gasteiger charge is 2.36. The van der Waals surface area contributed by atoms with Crippen LogP contribution in [-0.2, 0) is 18.9 Å². The van der Waals surface area contributed by atoms with Crippen molar-refractivity contribution >= 4 is 112 Å². The van der Waals surface area contributed by atoms with Gasteiger partial charge in [0.1, 0.15) is 0 Å². The lowest BCUT2D eigenvalue weighted by molar-refractivity contribution is 0.0366. The summed E-state index contributed by atoms with van der Waals surface area (Å²) in [6.45, 7) is 0. The van der Waals surface area contributed by atoms with E-state index in [1.807, 2.05) is 0 Å². The van der Waals surface area contributed by atoms with E-state index in [0.29, 0.717) is 21.9 Å². The van der Waals surface area contributed by atoms with Crippen molar-refractivity contribution in [2.75, 3.05) is 0 Å². The Balaban J connectivity index is 0.000000105. The molecule has 0 radical (unpaired) electrons. The van der Waals surface area contributed by atoms with E-state index in [1.165, 1.54) is 72.8 Å². The second kappa shape index (κ2) is 16.9. The average Bonchev–Trinajstić information content (AvgIpc) is 4.32. The van der Waals surface area contributed by atoms with E-state index in [2.05, 4.69) is 36.6 Å². The summed E-state index contributed by atoms with van der Waals surface area (Å²) in [7, 11) is 0. The van der Waals surface area contributed by atoms with Crippen LogP contribution in [-0.4, -0.2) is 47.8 Å². The van der Waals surface area contributed by atoms with Crippen LogP contribution in [0.5, 0.6) is 0 Å². The summed E-state index contributed by atoms with van der Waals surface area (Å²) in [5.41, 5.74) is -3.50. The molecule has 7 aromatic carbocycles. The van der Waals surface area contributed by atoms with Crippen LogP contribution < -0.4 is 45.0 Å². The first-order chi connectivity index (χ1) is 37.2.